The van der Waals surface area contributed by atoms with Crippen LogP contribution in [-0.2, 0) is 14.3 Å². The van der Waals surface area contributed by atoms with Crippen molar-refractivity contribution in [3.8, 4) is 11.3 Å². The summed E-state index contributed by atoms with van der Waals surface area (Å²) in [7, 11) is 0. The number of hydrogen-bond acceptors (Lipinski definition) is 7. The van der Waals surface area contributed by atoms with Crippen LogP contribution in [0.4, 0.5) is 11.6 Å². The predicted molar refractivity (Wildman–Crippen MR) is 130 cm³/mol. The van der Waals surface area contributed by atoms with Crippen LogP contribution < -0.4 is 16.0 Å². The Hall–Kier alpha value is -1.97. The predicted octanol–water partition coefficient (Wildman–Crippen LogP) is 3.99. The molecule has 1 amide bonds. The van der Waals surface area contributed by atoms with E-state index in [1.165, 1.54) is 0 Å². The summed E-state index contributed by atoms with van der Waals surface area (Å²) in [4.78, 5) is 21.4. The lowest BCUT2D eigenvalue weighted by atomic mass is 9.88. The first kappa shape index (κ1) is 24.2. The summed E-state index contributed by atoms with van der Waals surface area (Å²) in [6.45, 7) is 7.42. The number of aromatic nitrogens is 2. The van der Waals surface area contributed by atoms with Crippen molar-refractivity contribution in [2.45, 2.75) is 38.4 Å². The maximum absolute atomic E-state index is 12.5. The minimum absolute atomic E-state index is 0.121. The number of anilines is 2. The number of pyridine rings is 2. The van der Waals surface area contributed by atoms with Crippen molar-refractivity contribution in [1.29, 1.82) is 0 Å². The summed E-state index contributed by atoms with van der Waals surface area (Å²) in [5.74, 6) is 1.19. The van der Waals surface area contributed by atoms with E-state index in [4.69, 9.17) is 37.7 Å². The van der Waals surface area contributed by atoms with Gasteiger partial charge in [-0.3, -0.25) is 4.79 Å². The molecule has 2 aromatic rings. The number of morpholine rings is 1. The van der Waals surface area contributed by atoms with Gasteiger partial charge in [-0.1, -0.05) is 23.2 Å². The van der Waals surface area contributed by atoms with E-state index < -0.39 is 6.10 Å². The largest absolute Gasteiger partial charge is 0.376 e. The zero-order chi connectivity index (χ0) is 23.4. The lowest BCUT2D eigenvalue weighted by molar-refractivity contribution is -0.128. The molecule has 2 saturated heterocycles. The monoisotopic (exact) mass is 493 g/mol. The minimum Gasteiger partial charge on any atom is -0.376 e. The molecule has 2 aliphatic heterocycles. The molecular formula is C23H29Cl2N5O3. The summed E-state index contributed by atoms with van der Waals surface area (Å²) >= 11 is 12.9. The van der Waals surface area contributed by atoms with E-state index in [-0.39, 0.29) is 11.5 Å². The van der Waals surface area contributed by atoms with Gasteiger partial charge in [0, 0.05) is 38.0 Å². The van der Waals surface area contributed by atoms with E-state index in [1.54, 1.807) is 24.4 Å². The molecule has 10 heteroatoms. The Kier molecular flexibility index (Phi) is 7.71. The first-order chi connectivity index (χ1) is 15.8. The van der Waals surface area contributed by atoms with Gasteiger partial charge in [0.1, 0.15) is 17.7 Å². The van der Waals surface area contributed by atoms with Gasteiger partial charge in [-0.25, -0.2) is 9.97 Å². The van der Waals surface area contributed by atoms with Gasteiger partial charge in [0.2, 0.25) is 0 Å². The summed E-state index contributed by atoms with van der Waals surface area (Å²) in [6, 6.07) is 5.21. The Bertz CT molecular complexity index is 998. The second-order valence-corrected chi connectivity index (χ2v) is 9.79. The van der Waals surface area contributed by atoms with E-state index in [0.717, 1.165) is 38.1 Å². The number of hydrogen-bond donors (Lipinski definition) is 3. The molecule has 0 aliphatic carbocycles. The van der Waals surface area contributed by atoms with Crippen LogP contribution in [0.2, 0.25) is 10.0 Å². The molecular weight excluding hydrogens is 465 g/mol. The first-order valence-electron chi connectivity index (χ1n) is 11.1. The Labute approximate surface area is 203 Å². The highest BCUT2D eigenvalue weighted by atomic mass is 35.5. The third kappa shape index (κ3) is 6.33. The molecule has 4 heterocycles. The van der Waals surface area contributed by atoms with Gasteiger partial charge in [-0.2, -0.15) is 0 Å². The molecule has 0 radical (unpaired) electrons. The molecule has 2 aliphatic rings. The highest BCUT2D eigenvalue weighted by Gasteiger charge is 2.29. The van der Waals surface area contributed by atoms with Crippen molar-refractivity contribution in [1.82, 2.24) is 15.3 Å². The quantitative estimate of drug-likeness (QED) is 0.559. The van der Waals surface area contributed by atoms with Crippen LogP contribution in [0.3, 0.4) is 0 Å². The van der Waals surface area contributed by atoms with Crippen molar-refractivity contribution in [2.24, 2.45) is 5.92 Å². The van der Waals surface area contributed by atoms with Crippen LogP contribution in [0.5, 0.6) is 0 Å². The molecule has 8 nitrogen and oxygen atoms in total. The summed E-state index contributed by atoms with van der Waals surface area (Å²) in [6.07, 6.45) is 3.01. The fraction of sp³-hybridized carbons (Fsp3) is 0.522. The van der Waals surface area contributed by atoms with Crippen molar-refractivity contribution >= 4 is 40.7 Å². The SMILES string of the molecule is CC1(C)C[C@H](CNc2nc(-c3ccnc(NC(=O)[C@H]4CNCCO4)c3)c(Cl)cc2Cl)CCO1. The third-order valence-electron chi connectivity index (χ3n) is 5.79. The number of ether oxygens (including phenoxy) is 2. The topological polar surface area (TPSA) is 97.4 Å². The molecule has 0 aromatic carbocycles. The number of amides is 1. The normalized spacial score (nSPS) is 22.5. The zero-order valence-corrected chi connectivity index (χ0v) is 20.3. The average molecular weight is 494 g/mol. The van der Waals surface area contributed by atoms with Crippen LogP contribution >= 0.6 is 23.2 Å². The number of rotatable bonds is 6. The highest BCUT2D eigenvalue weighted by molar-refractivity contribution is 6.37. The van der Waals surface area contributed by atoms with Crippen molar-refractivity contribution < 1.29 is 14.3 Å². The van der Waals surface area contributed by atoms with Crippen molar-refractivity contribution in [2.75, 3.05) is 43.5 Å². The summed E-state index contributed by atoms with van der Waals surface area (Å²) < 4.78 is 11.3. The van der Waals surface area contributed by atoms with Gasteiger partial charge in [0.25, 0.3) is 5.91 Å². The number of nitrogens with one attached hydrogen (secondary N) is 3. The Morgan fingerprint density at radius 3 is 2.88 bits per heavy atom. The Balaban J connectivity index is 1.48. The van der Waals surface area contributed by atoms with Gasteiger partial charge >= 0.3 is 0 Å². The number of halogens is 2. The fourth-order valence-corrected chi connectivity index (χ4v) is 4.69. The van der Waals surface area contributed by atoms with Gasteiger partial charge in [0.15, 0.2) is 0 Å². The molecule has 178 valence electrons. The molecule has 0 bridgehead atoms. The van der Waals surface area contributed by atoms with Crippen molar-refractivity contribution in [3.63, 3.8) is 0 Å². The smallest absolute Gasteiger partial charge is 0.255 e. The molecule has 0 spiro atoms. The molecule has 2 atom stereocenters. The van der Waals surface area contributed by atoms with Crippen LogP contribution in [0.25, 0.3) is 11.3 Å². The molecule has 0 saturated carbocycles. The fourth-order valence-electron chi connectivity index (χ4n) is 4.15. The lowest BCUT2D eigenvalue weighted by Gasteiger charge is -2.35. The van der Waals surface area contributed by atoms with E-state index in [2.05, 4.69) is 34.8 Å². The summed E-state index contributed by atoms with van der Waals surface area (Å²) in [5, 5.41) is 10.2. The number of nitrogens with zero attached hydrogens (tertiary/aromatic N) is 2. The second-order valence-electron chi connectivity index (χ2n) is 8.98. The van der Waals surface area contributed by atoms with Crippen molar-refractivity contribution in [3.05, 3.63) is 34.4 Å². The van der Waals surface area contributed by atoms with Gasteiger partial charge in [-0.15, -0.1) is 0 Å². The van der Waals surface area contributed by atoms with E-state index in [1.807, 2.05) is 0 Å². The Morgan fingerprint density at radius 1 is 1.27 bits per heavy atom. The highest BCUT2D eigenvalue weighted by Crippen LogP contribution is 2.34. The van der Waals surface area contributed by atoms with Crippen LogP contribution in [0.1, 0.15) is 26.7 Å². The number of carbonyl (C=O) groups is 1. The van der Waals surface area contributed by atoms with Crippen LogP contribution in [-0.4, -0.2) is 60.4 Å². The van der Waals surface area contributed by atoms with E-state index in [9.17, 15) is 4.79 Å². The standard InChI is InChI=1S/C23H29Cl2N5O3/c1-23(2)11-14(4-7-33-23)12-28-21-17(25)10-16(24)20(30-21)15-3-5-27-19(9-15)29-22(31)18-13-26-6-8-32-18/h3,5,9-10,14,18,26H,4,6-8,11-13H2,1-2H3,(H,28,30)(H,27,29,31)/t14-,18-/m1/s1. The average Bonchev–Trinajstić information content (AvgIpc) is 2.78. The van der Waals surface area contributed by atoms with Crippen LogP contribution in [0, 0.1) is 5.92 Å². The van der Waals surface area contributed by atoms with Crippen LogP contribution in [0.15, 0.2) is 24.4 Å². The van der Waals surface area contributed by atoms with Gasteiger partial charge in [-0.05, 0) is 50.8 Å². The van der Waals surface area contributed by atoms with E-state index in [0.29, 0.717) is 46.4 Å². The minimum atomic E-state index is -0.549. The number of carbonyl (C=O) groups excluding carboxylic acids is 1. The first-order valence-corrected chi connectivity index (χ1v) is 11.9. The lowest BCUT2D eigenvalue weighted by Crippen LogP contribution is -2.45. The second kappa shape index (κ2) is 10.5. The van der Waals surface area contributed by atoms with Gasteiger partial charge < -0.3 is 25.4 Å². The van der Waals surface area contributed by atoms with E-state index >= 15 is 0 Å². The maximum atomic E-state index is 12.5. The molecule has 4 rings (SSSR count). The molecule has 3 N–H and O–H groups in total. The summed E-state index contributed by atoms with van der Waals surface area (Å²) in [5.41, 5.74) is 1.16. The third-order valence-corrected chi connectivity index (χ3v) is 6.37. The maximum Gasteiger partial charge on any atom is 0.255 e. The zero-order valence-electron chi connectivity index (χ0n) is 18.8. The molecule has 33 heavy (non-hydrogen) atoms. The van der Waals surface area contributed by atoms with Gasteiger partial charge in [0.05, 0.1) is 27.9 Å². The molecule has 2 aromatic heterocycles. The molecule has 0 unspecified atom stereocenters. The Morgan fingerprint density at radius 2 is 2.12 bits per heavy atom. The molecule has 2 fully saturated rings.